The van der Waals surface area contributed by atoms with Crippen LogP contribution < -0.4 is 9.47 Å². The molecule has 0 fully saturated rings. The van der Waals surface area contributed by atoms with Crippen LogP contribution in [0.2, 0.25) is 0 Å². The number of aromatic nitrogens is 2. The highest BCUT2D eigenvalue weighted by atomic mass is 32.1. The van der Waals surface area contributed by atoms with E-state index in [9.17, 15) is 0 Å². The molecule has 0 spiro atoms. The lowest BCUT2D eigenvalue weighted by Gasteiger charge is -2.19. The first-order valence-corrected chi connectivity index (χ1v) is 7.25. The summed E-state index contributed by atoms with van der Waals surface area (Å²) < 4.78 is 17.0. The van der Waals surface area contributed by atoms with E-state index in [1.54, 1.807) is 0 Å². The van der Waals surface area contributed by atoms with E-state index in [-0.39, 0.29) is 0 Å². The summed E-state index contributed by atoms with van der Waals surface area (Å²) in [5.41, 5.74) is 1.87. The second kappa shape index (κ2) is 6.24. The average molecular weight is 304 g/mol. The van der Waals surface area contributed by atoms with Crippen LogP contribution >= 0.6 is 12.2 Å². The molecule has 2 aromatic rings. The molecule has 1 aromatic carbocycles. The van der Waals surface area contributed by atoms with Crippen molar-refractivity contribution in [3.63, 3.8) is 0 Å². The van der Waals surface area contributed by atoms with E-state index in [1.807, 2.05) is 31.2 Å². The maximum atomic E-state index is 5.61. The van der Waals surface area contributed by atoms with Gasteiger partial charge in [-0.25, -0.2) is 4.98 Å². The molecule has 0 bridgehead atoms. The van der Waals surface area contributed by atoms with Crippen LogP contribution in [0, 0.1) is 4.64 Å². The van der Waals surface area contributed by atoms with Gasteiger partial charge in [-0.15, -0.1) is 0 Å². The van der Waals surface area contributed by atoms with E-state index >= 15 is 0 Å². The van der Waals surface area contributed by atoms with Crippen molar-refractivity contribution < 1.29 is 14.2 Å². The second-order valence-electron chi connectivity index (χ2n) is 4.58. The van der Waals surface area contributed by atoms with Gasteiger partial charge in [0, 0.05) is 17.9 Å². The van der Waals surface area contributed by atoms with Gasteiger partial charge >= 0.3 is 0 Å². The number of nitrogens with zero attached hydrogens (tertiary/aromatic N) is 1. The topological polar surface area (TPSA) is 56.4 Å². The fourth-order valence-electron chi connectivity index (χ4n) is 2.14. The number of rotatable bonds is 4. The van der Waals surface area contributed by atoms with Gasteiger partial charge in [0.15, 0.2) is 11.5 Å². The lowest BCUT2D eigenvalue weighted by atomic mass is 10.1. The van der Waals surface area contributed by atoms with Crippen molar-refractivity contribution in [1.82, 2.24) is 9.97 Å². The Morgan fingerprint density at radius 2 is 2.05 bits per heavy atom. The Balaban J connectivity index is 1.96. The van der Waals surface area contributed by atoms with Gasteiger partial charge in [0.05, 0.1) is 0 Å². The van der Waals surface area contributed by atoms with Crippen molar-refractivity contribution in [2.75, 3.05) is 19.8 Å². The number of ether oxygens (including phenoxy) is 3. The van der Waals surface area contributed by atoms with Crippen LogP contribution in [0.5, 0.6) is 11.5 Å². The first-order valence-electron chi connectivity index (χ1n) is 6.84. The van der Waals surface area contributed by atoms with Gasteiger partial charge < -0.3 is 19.2 Å². The minimum Gasteiger partial charge on any atom is -0.486 e. The number of nitrogens with one attached hydrogen (secondary N) is 1. The van der Waals surface area contributed by atoms with Crippen molar-refractivity contribution in [3.8, 4) is 22.8 Å². The summed E-state index contributed by atoms with van der Waals surface area (Å²) in [6.07, 6.45) is 0. The molecule has 0 unspecified atom stereocenters. The zero-order valence-electron chi connectivity index (χ0n) is 11.7. The SMILES string of the molecule is CCOCc1nc(=S)cc(-c2ccc3c(c2)OCCO3)[nH]1. The monoisotopic (exact) mass is 304 g/mol. The average Bonchev–Trinajstić information content (AvgIpc) is 2.52. The molecule has 1 aliphatic heterocycles. The molecule has 3 rings (SSSR count). The summed E-state index contributed by atoms with van der Waals surface area (Å²) in [5.74, 6) is 2.24. The van der Waals surface area contributed by atoms with Crippen molar-refractivity contribution >= 4 is 12.2 Å². The maximum Gasteiger partial charge on any atom is 0.162 e. The van der Waals surface area contributed by atoms with E-state index in [1.165, 1.54) is 0 Å². The molecule has 6 heteroatoms. The van der Waals surface area contributed by atoms with Gasteiger partial charge in [-0.1, -0.05) is 12.2 Å². The highest BCUT2D eigenvalue weighted by Crippen LogP contribution is 2.33. The molecule has 110 valence electrons. The largest absolute Gasteiger partial charge is 0.486 e. The third-order valence-corrected chi connectivity index (χ3v) is 3.30. The van der Waals surface area contributed by atoms with E-state index in [0.29, 0.717) is 36.9 Å². The Kier molecular flexibility index (Phi) is 4.17. The molecule has 1 aliphatic rings. The van der Waals surface area contributed by atoms with Gasteiger partial charge in [-0.3, -0.25) is 0 Å². The van der Waals surface area contributed by atoms with Crippen LogP contribution in [0.3, 0.4) is 0 Å². The molecular weight excluding hydrogens is 288 g/mol. The minimum absolute atomic E-state index is 0.415. The van der Waals surface area contributed by atoms with Crippen LogP contribution in [0.1, 0.15) is 12.7 Å². The van der Waals surface area contributed by atoms with Crippen LogP contribution in [-0.4, -0.2) is 29.8 Å². The first kappa shape index (κ1) is 14.0. The van der Waals surface area contributed by atoms with Gasteiger partial charge in [0.2, 0.25) is 0 Å². The zero-order valence-corrected chi connectivity index (χ0v) is 12.5. The van der Waals surface area contributed by atoms with E-state index < -0.39 is 0 Å². The standard InChI is InChI=1S/C15H16N2O3S/c1-2-18-9-14-16-11(8-15(21)17-14)10-3-4-12-13(7-10)20-6-5-19-12/h3-4,7-8H,2,5-6,9H2,1H3,(H,16,17,21). The summed E-state index contributed by atoms with van der Waals surface area (Å²) in [5, 5.41) is 0. The predicted octanol–water partition coefficient (Wildman–Crippen LogP) is 3.11. The van der Waals surface area contributed by atoms with Crippen molar-refractivity contribution in [3.05, 3.63) is 34.7 Å². The number of H-pyrrole nitrogens is 1. The van der Waals surface area contributed by atoms with Crippen LogP contribution in [-0.2, 0) is 11.3 Å². The number of hydrogen-bond acceptors (Lipinski definition) is 5. The molecule has 0 radical (unpaired) electrons. The Labute approximate surface area is 127 Å². The summed E-state index contributed by atoms with van der Waals surface area (Å²) >= 11 is 5.22. The van der Waals surface area contributed by atoms with Crippen molar-refractivity contribution in [2.45, 2.75) is 13.5 Å². The van der Waals surface area contributed by atoms with Crippen molar-refractivity contribution in [1.29, 1.82) is 0 Å². The fraction of sp³-hybridized carbons (Fsp3) is 0.333. The maximum absolute atomic E-state index is 5.61. The summed E-state index contributed by atoms with van der Waals surface area (Å²) in [4.78, 5) is 7.51. The van der Waals surface area contributed by atoms with Gasteiger partial charge in [0.25, 0.3) is 0 Å². The molecular formula is C15H16N2O3S. The van der Waals surface area contributed by atoms with Crippen molar-refractivity contribution in [2.24, 2.45) is 0 Å². The molecule has 0 saturated heterocycles. The number of aromatic amines is 1. The predicted molar refractivity (Wildman–Crippen MR) is 81.2 cm³/mol. The van der Waals surface area contributed by atoms with Gasteiger partial charge in [-0.2, -0.15) is 0 Å². The summed E-state index contributed by atoms with van der Waals surface area (Å²) in [6, 6.07) is 7.65. The van der Waals surface area contributed by atoms with E-state index in [0.717, 1.165) is 22.8 Å². The lowest BCUT2D eigenvalue weighted by molar-refractivity contribution is 0.128. The van der Waals surface area contributed by atoms with Crippen LogP contribution in [0.15, 0.2) is 24.3 Å². The first-order chi connectivity index (χ1) is 10.3. The number of hydrogen-bond donors (Lipinski definition) is 1. The van der Waals surface area contributed by atoms with Gasteiger partial charge in [0.1, 0.15) is 30.3 Å². The number of benzene rings is 1. The molecule has 0 atom stereocenters. The molecule has 0 amide bonds. The Morgan fingerprint density at radius 1 is 1.24 bits per heavy atom. The van der Waals surface area contributed by atoms with E-state index in [4.69, 9.17) is 26.4 Å². The smallest absolute Gasteiger partial charge is 0.162 e. The molecule has 0 aliphatic carbocycles. The highest BCUT2D eigenvalue weighted by molar-refractivity contribution is 7.71. The Hall–Kier alpha value is -1.92. The highest BCUT2D eigenvalue weighted by Gasteiger charge is 2.13. The Bertz CT molecular complexity index is 700. The molecule has 5 nitrogen and oxygen atoms in total. The van der Waals surface area contributed by atoms with Crippen LogP contribution in [0.25, 0.3) is 11.3 Å². The summed E-state index contributed by atoms with van der Waals surface area (Å²) in [7, 11) is 0. The third-order valence-electron chi connectivity index (χ3n) is 3.09. The quantitative estimate of drug-likeness (QED) is 0.880. The van der Waals surface area contributed by atoms with Crippen LogP contribution in [0.4, 0.5) is 0 Å². The molecule has 1 N–H and O–H groups in total. The molecule has 1 aromatic heterocycles. The molecule has 21 heavy (non-hydrogen) atoms. The summed E-state index contributed by atoms with van der Waals surface area (Å²) in [6.45, 7) is 4.15. The third kappa shape index (κ3) is 3.22. The molecule has 2 heterocycles. The zero-order chi connectivity index (χ0) is 14.7. The number of fused-ring (bicyclic) bond motifs is 1. The van der Waals surface area contributed by atoms with E-state index in [2.05, 4.69) is 9.97 Å². The Morgan fingerprint density at radius 3 is 2.86 bits per heavy atom. The minimum atomic E-state index is 0.415. The normalized spacial score (nSPS) is 13.2. The second-order valence-corrected chi connectivity index (χ2v) is 4.99. The fourth-order valence-corrected chi connectivity index (χ4v) is 2.37. The lowest BCUT2D eigenvalue weighted by Crippen LogP contribution is -2.15. The van der Waals surface area contributed by atoms with Gasteiger partial charge in [-0.05, 0) is 31.2 Å². The molecule has 0 saturated carbocycles.